The third kappa shape index (κ3) is 3.59. The van der Waals surface area contributed by atoms with E-state index in [1.54, 1.807) is 40.9 Å². The predicted molar refractivity (Wildman–Crippen MR) is 108 cm³/mol. The predicted octanol–water partition coefficient (Wildman–Crippen LogP) is 5.38. The van der Waals surface area contributed by atoms with Gasteiger partial charge in [0.15, 0.2) is 0 Å². The fraction of sp³-hybridized carbons (Fsp3) is 0.0476. The lowest BCUT2D eigenvalue weighted by atomic mass is 10.1. The van der Waals surface area contributed by atoms with Gasteiger partial charge in [-0.25, -0.2) is 9.37 Å². The summed E-state index contributed by atoms with van der Waals surface area (Å²) < 4.78 is 14.7. The molecule has 28 heavy (non-hydrogen) atoms. The Labute approximate surface area is 170 Å². The van der Waals surface area contributed by atoms with Crippen LogP contribution >= 0.6 is 23.2 Å². The van der Waals surface area contributed by atoms with Crippen LogP contribution in [0.1, 0.15) is 16.2 Å². The summed E-state index contributed by atoms with van der Waals surface area (Å²) in [6.07, 6.45) is 1.77. The highest BCUT2D eigenvalue weighted by molar-refractivity contribution is 6.36. The molecular formula is C21H14Cl2FN3O. The van der Waals surface area contributed by atoms with Crippen molar-refractivity contribution >= 4 is 34.6 Å². The highest BCUT2D eigenvalue weighted by Crippen LogP contribution is 2.32. The maximum atomic E-state index is 13.0. The van der Waals surface area contributed by atoms with E-state index in [9.17, 15) is 9.18 Å². The SMILES string of the molecule is O=C(NCc1ccc(F)cc1)c1nc(-c2ccc(Cl)cc2Cl)c2ccccn12. The molecule has 2 aromatic heterocycles. The monoisotopic (exact) mass is 413 g/mol. The minimum absolute atomic E-state index is 0.235. The molecule has 7 heteroatoms. The number of rotatable bonds is 4. The number of pyridine rings is 1. The van der Waals surface area contributed by atoms with E-state index in [0.717, 1.165) is 11.1 Å². The highest BCUT2D eigenvalue weighted by Gasteiger charge is 2.19. The van der Waals surface area contributed by atoms with E-state index in [4.69, 9.17) is 23.2 Å². The lowest BCUT2D eigenvalue weighted by molar-refractivity contribution is 0.0940. The second-order valence-corrected chi connectivity index (χ2v) is 7.02. The molecule has 140 valence electrons. The number of halogens is 3. The van der Waals surface area contributed by atoms with E-state index in [1.165, 1.54) is 12.1 Å². The quantitative estimate of drug-likeness (QED) is 0.488. The van der Waals surface area contributed by atoms with Gasteiger partial charge in [-0.1, -0.05) is 41.4 Å². The molecular weight excluding hydrogens is 400 g/mol. The summed E-state index contributed by atoms with van der Waals surface area (Å²) in [5, 5.41) is 3.79. The van der Waals surface area contributed by atoms with Gasteiger partial charge < -0.3 is 5.32 Å². The van der Waals surface area contributed by atoms with Crippen LogP contribution in [0.5, 0.6) is 0 Å². The van der Waals surface area contributed by atoms with Crippen molar-refractivity contribution in [1.82, 2.24) is 14.7 Å². The van der Waals surface area contributed by atoms with Gasteiger partial charge in [-0.15, -0.1) is 0 Å². The molecule has 4 aromatic rings. The lowest BCUT2D eigenvalue weighted by Gasteiger charge is -2.04. The first kappa shape index (κ1) is 18.5. The third-order valence-electron chi connectivity index (χ3n) is 4.30. The molecule has 0 atom stereocenters. The molecule has 0 saturated heterocycles. The van der Waals surface area contributed by atoms with Gasteiger partial charge in [0.2, 0.25) is 5.82 Å². The van der Waals surface area contributed by atoms with Crippen LogP contribution in [0.3, 0.4) is 0 Å². The molecule has 0 saturated carbocycles. The molecule has 0 aliphatic rings. The van der Waals surface area contributed by atoms with Crippen molar-refractivity contribution in [2.24, 2.45) is 0 Å². The van der Waals surface area contributed by atoms with Gasteiger partial charge >= 0.3 is 0 Å². The van der Waals surface area contributed by atoms with Crippen LogP contribution in [0.25, 0.3) is 16.8 Å². The lowest BCUT2D eigenvalue weighted by Crippen LogP contribution is -2.25. The van der Waals surface area contributed by atoms with E-state index in [-0.39, 0.29) is 24.1 Å². The summed E-state index contributed by atoms with van der Waals surface area (Å²) in [6, 6.07) is 16.6. The van der Waals surface area contributed by atoms with E-state index in [2.05, 4.69) is 10.3 Å². The van der Waals surface area contributed by atoms with Crippen molar-refractivity contribution in [2.45, 2.75) is 6.54 Å². The second-order valence-electron chi connectivity index (χ2n) is 6.17. The molecule has 2 heterocycles. The van der Waals surface area contributed by atoms with Crippen molar-refractivity contribution in [3.63, 3.8) is 0 Å². The Morgan fingerprint density at radius 2 is 1.86 bits per heavy atom. The molecule has 0 fully saturated rings. The maximum absolute atomic E-state index is 13.0. The fourth-order valence-electron chi connectivity index (χ4n) is 2.94. The summed E-state index contributed by atoms with van der Waals surface area (Å²) in [4.78, 5) is 17.3. The number of hydrogen-bond acceptors (Lipinski definition) is 2. The van der Waals surface area contributed by atoms with Crippen LogP contribution in [-0.4, -0.2) is 15.3 Å². The van der Waals surface area contributed by atoms with E-state index < -0.39 is 0 Å². The average molecular weight is 414 g/mol. The molecule has 0 aliphatic carbocycles. The van der Waals surface area contributed by atoms with Gasteiger partial charge in [-0.2, -0.15) is 0 Å². The molecule has 0 radical (unpaired) electrons. The third-order valence-corrected chi connectivity index (χ3v) is 4.85. The number of hydrogen-bond donors (Lipinski definition) is 1. The standard InChI is InChI=1S/C21H14Cl2FN3O/c22-14-6-9-16(17(23)11-14)19-18-3-1-2-10-27(18)20(26-19)21(28)25-12-13-4-7-15(24)8-5-13/h1-11H,12H2,(H,25,28). The Kier molecular flexibility index (Phi) is 5.03. The Morgan fingerprint density at radius 3 is 2.61 bits per heavy atom. The van der Waals surface area contributed by atoms with Crippen molar-refractivity contribution < 1.29 is 9.18 Å². The number of benzene rings is 2. The number of carbonyl (C=O) groups excluding carboxylic acids is 1. The minimum atomic E-state index is -0.345. The molecule has 1 N–H and O–H groups in total. The largest absolute Gasteiger partial charge is 0.345 e. The maximum Gasteiger partial charge on any atom is 0.287 e. The summed E-state index contributed by atoms with van der Waals surface area (Å²) in [6.45, 7) is 0.262. The van der Waals surface area contributed by atoms with Gasteiger partial charge in [-0.05, 0) is 48.0 Å². The van der Waals surface area contributed by atoms with E-state index in [0.29, 0.717) is 21.3 Å². The molecule has 4 rings (SSSR count). The number of carbonyl (C=O) groups is 1. The fourth-order valence-corrected chi connectivity index (χ4v) is 3.44. The number of nitrogens with zero attached hydrogens (tertiary/aromatic N) is 2. The van der Waals surface area contributed by atoms with Gasteiger partial charge in [0, 0.05) is 23.3 Å². The smallest absolute Gasteiger partial charge is 0.287 e. The zero-order chi connectivity index (χ0) is 19.7. The minimum Gasteiger partial charge on any atom is -0.345 e. The van der Waals surface area contributed by atoms with Gasteiger partial charge in [0.25, 0.3) is 5.91 Å². The van der Waals surface area contributed by atoms with Crippen molar-refractivity contribution in [3.05, 3.63) is 94.1 Å². The summed E-state index contributed by atoms with van der Waals surface area (Å²) in [5.41, 5.74) is 2.82. The van der Waals surface area contributed by atoms with Crippen LogP contribution in [0.4, 0.5) is 4.39 Å². The average Bonchev–Trinajstić information content (AvgIpc) is 3.07. The second kappa shape index (κ2) is 7.62. The first-order valence-electron chi connectivity index (χ1n) is 8.48. The van der Waals surface area contributed by atoms with Crippen LogP contribution < -0.4 is 5.32 Å². The summed E-state index contributed by atoms with van der Waals surface area (Å²) >= 11 is 12.3. The molecule has 0 unspecified atom stereocenters. The molecule has 0 aliphatic heterocycles. The molecule has 4 nitrogen and oxygen atoms in total. The van der Waals surface area contributed by atoms with Gasteiger partial charge in [-0.3, -0.25) is 9.20 Å². The van der Waals surface area contributed by atoms with Crippen molar-refractivity contribution in [1.29, 1.82) is 0 Å². The Bertz CT molecular complexity index is 1170. The number of aromatic nitrogens is 2. The first-order chi connectivity index (χ1) is 13.5. The van der Waals surface area contributed by atoms with Crippen LogP contribution in [-0.2, 0) is 6.54 Å². The van der Waals surface area contributed by atoms with Crippen LogP contribution in [0.15, 0.2) is 66.9 Å². The number of amides is 1. The molecule has 0 bridgehead atoms. The van der Waals surface area contributed by atoms with Gasteiger partial charge in [0.05, 0.1) is 16.2 Å². The van der Waals surface area contributed by atoms with Crippen LogP contribution in [0, 0.1) is 5.82 Å². The van der Waals surface area contributed by atoms with E-state index >= 15 is 0 Å². The molecule has 0 spiro atoms. The normalized spacial score (nSPS) is 11.0. The number of fused-ring (bicyclic) bond motifs is 1. The Hall–Kier alpha value is -2.89. The van der Waals surface area contributed by atoms with Crippen molar-refractivity contribution in [3.8, 4) is 11.3 Å². The van der Waals surface area contributed by atoms with Crippen LogP contribution in [0.2, 0.25) is 10.0 Å². The Morgan fingerprint density at radius 1 is 1.07 bits per heavy atom. The van der Waals surface area contributed by atoms with Crippen molar-refractivity contribution in [2.75, 3.05) is 0 Å². The zero-order valence-electron chi connectivity index (χ0n) is 14.5. The topological polar surface area (TPSA) is 46.4 Å². The molecule has 2 aromatic carbocycles. The Balaban J connectivity index is 1.69. The highest BCUT2D eigenvalue weighted by atomic mass is 35.5. The van der Waals surface area contributed by atoms with E-state index in [1.807, 2.05) is 18.2 Å². The zero-order valence-corrected chi connectivity index (χ0v) is 16.0. The summed E-state index contributed by atoms with van der Waals surface area (Å²) in [7, 11) is 0. The molecule has 1 amide bonds. The number of imidazole rings is 1. The van der Waals surface area contributed by atoms with Gasteiger partial charge in [0.1, 0.15) is 5.82 Å². The first-order valence-corrected chi connectivity index (χ1v) is 9.23. The summed E-state index contributed by atoms with van der Waals surface area (Å²) in [5.74, 6) is -0.431. The number of nitrogens with one attached hydrogen (secondary N) is 1.